The predicted octanol–water partition coefficient (Wildman–Crippen LogP) is 1.60. The number of halogens is 1. The molecule has 1 aromatic carbocycles. The van der Waals surface area contributed by atoms with Crippen LogP contribution in [0.1, 0.15) is 31.7 Å². The van der Waals surface area contributed by atoms with E-state index in [4.69, 9.17) is 5.73 Å². The average Bonchev–Trinajstić information content (AvgIpc) is 2.41. The number of hydrogen-bond acceptors (Lipinski definition) is 3. The van der Waals surface area contributed by atoms with Crippen molar-refractivity contribution in [1.82, 2.24) is 4.72 Å². The zero-order valence-electron chi connectivity index (χ0n) is 11.4. The normalized spacial score (nSPS) is 10.9. The number of rotatable bonds is 6. The second kappa shape index (κ2) is 8.00. The number of hydrogen-bond donors (Lipinski definition) is 2. The molecule has 4 nitrogen and oxygen atoms in total. The topological polar surface area (TPSA) is 72.2 Å². The first kappa shape index (κ1) is 16.6. The Hall–Kier alpha value is -1.42. The maximum atomic E-state index is 13.8. The van der Waals surface area contributed by atoms with Crippen LogP contribution < -0.4 is 10.5 Å². The molecule has 0 unspecified atom stereocenters. The minimum absolute atomic E-state index is 0.167. The molecule has 0 heterocycles. The summed E-state index contributed by atoms with van der Waals surface area (Å²) in [5.74, 6) is 4.43. The van der Waals surface area contributed by atoms with E-state index in [1.807, 2.05) is 6.92 Å². The van der Waals surface area contributed by atoms with Crippen LogP contribution in [0.25, 0.3) is 0 Å². The lowest BCUT2D eigenvalue weighted by Crippen LogP contribution is -2.25. The third-order valence-corrected chi connectivity index (χ3v) is 4.12. The van der Waals surface area contributed by atoms with Crippen molar-refractivity contribution in [2.24, 2.45) is 5.73 Å². The molecule has 110 valence electrons. The molecule has 0 aliphatic rings. The Morgan fingerprint density at radius 2 is 2.10 bits per heavy atom. The molecule has 1 rings (SSSR count). The van der Waals surface area contributed by atoms with E-state index in [1.54, 1.807) is 0 Å². The molecule has 0 aromatic heterocycles. The molecule has 3 N–H and O–H groups in total. The first-order valence-corrected chi connectivity index (χ1v) is 7.97. The molecule has 0 aliphatic carbocycles. The van der Waals surface area contributed by atoms with Crippen molar-refractivity contribution in [3.05, 3.63) is 29.6 Å². The van der Waals surface area contributed by atoms with Crippen LogP contribution >= 0.6 is 0 Å². The lowest BCUT2D eigenvalue weighted by Gasteiger charge is -2.07. The lowest BCUT2D eigenvalue weighted by molar-refractivity contribution is 0.553. The third kappa shape index (κ3) is 4.93. The second-order valence-electron chi connectivity index (χ2n) is 4.26. The van der Waals surface area contributed by atoms with E-state index in [-0.39, 0.29) is 11.4 Å². The molecule has 0 fully saturated rings. The smallest absolute Gasteiger partial charge is 0.243 e. The van der Waals surface area contributed by atoms with E-state index in [9.17, 15) is 12.8 Å². The zero-order valence-corrected chi connectivity index (χ0v) is 12.3. The summed E-state index contributed by atoms with van der Waals surface area (Å²) in [6.45, 7) is 2.50. The number of unbranched alkanes of at least 4 members (excludes halogenated alkanes) is 2. The highest BCUT2D eigenvalue weighted by atomic mass is 32.2. The van der Waals surface area contributed by atoms with Crippen molar-refractivity contribution in [1.29, 1.82) is 0 Å². The zero-order chi connectivity index (χ0) is 15.0. The van der Waals surface area contributed by atoms with Crippen molar-refractivity contribution in [2.45, 2.75) is 31.1 Å². The van der Waals surface area contributed by atoms with Crippen LogP contribution in [0.5, 0.6) is 0 Å². The molecule has 1 aromatic rings. The monoisotopic (exact) mass is 298 g/mol. The van der Waals surface area contributed by atoms with Gasteiger partial charge in [-0.25, -0.2) is 17.5 Å². The van der Waals surface area contributed by atoms with Crippen molar-refractivity contribution in [3.63, 3.8) is 0 Å². The Kier molecular flexibility index (Phi) is 6.65. The van der Waals surface area contributed by atoms with Gasteiger partial charge in [-0.3, -0.25) is 0 Å². The van der Waals surface area contributed by atoms with Crippen LogP contribution in [0.4, 0.5) is 4.39 Å². The Labute approximate surface area is 119 Å². The van der Waals surface area contributed by atoms with Crippen molar-refractivity contribution < 1.29 is 12.8 Å². The third-order valence-electron chi connectivity index (χ3n) is 2.63. The van der Waals surface area contributed by atoms with Crippen LogP contribution in [0.2, 0.25) is 0 Å². The van der Waals surface area contributed by atoms with Crippen molar-refractivity contribution in [2.75, 3.05) is 13.1 Å². The molecule has 0 aliphatic heterocycles. The average molecular weight is 298 g/mol. The Bertz CT molecular complexity index is 603. The highest BCUT2D eigenvalue weighted by Crippen LogP contribution is 2.15. The standard InChI is InChI=1S/C14H19FN2O2S/c1-2-3-4-10-17-20(18,19)14-8-7-12(6-5-9-16)11-13(14)15/h7-8,11,17H,2-4,9-10,16H2,1H3. The SMILES string of the molecule is CCCCCNS(=O)(=O)c1ccc(C#CCN)cc1F. The summed E-state index contributed by atoms with van der Waals surface area (Å²) in [6, 6.07) is 3.79. The summed E-state index contributed by atoms with van der Waals surface area (Å²) in [7, 11) is -3.81. The summed E-state index contributed by atoms with van der Waals surface area (Å²) >= 11 is 0. The van der Waals surface area contributed by atoms with Gasteiger partial charge in [-0.15, -0.1) is 0 Å². The highest BCUT2D eigenvalue weighted by molar-refractivity contribution is 7.89. The molecule has 20 heavy (non-hydrogen) atoms. The number of benzene rings is 1. The summed E-state index contributed by atoms with van der Waals surface area (Å²) < 4.78 is 40.1. The van der Waals surface area contributed by atoms with E-state index < -0.39 is 15.8 Å². The van der Waals surface area contributed by atoms with Gasteiger partial charge in [-0.2, -0.15) is 0 Å². The summed E-state index contributed by atoms with van der Waals surface area (Å²) in [5, 5.41) is 0. The van der Waals surface area contributed by atoms with Crippen LogP contribution in [0.15, 0.2) is 23.1 Å². The van der Waals surface area contributed by atoms with Gasteiger partial charge in [0, 0.05) is 12.1 Å². The minimum Gasteiger partial charge on any atom is -0.320 e. The van der Waals surface area contributed by atoms with Crippen molar-refractivity contribution in [3.8, 4) is 11.8 Å². The maximum Gasteiger partial charge on any atom is 0.243 e. The fraction of sp³-hybridized carbons (Fsp3) is 0.429. The molecule has 0 saturated carbocycles. The first-order chi connectivity index (χ1) is 9.51. The molecular weight excluding hydrogens is 279 g/mol. The number of sulfonamides is 1. The minimum atomic E-state index is -3.81. The molecule has 0 spiro atoms. The van der Waals surface area contributed by atoms with Gasteiger partial charge in [-0.05, 0) is 24.6 Å². The van der Waals surface area contributed by atoms with Gasteiger partial charge in [0.1, 0.15) is 10.7 Å². The Balaban J connectivity index is 2.85. The van der Waals surface area contributed by atoms with Gasteiger partial charge in [0.15, 0.2) is 0 Å². The van der Waals surface area contributed by atoms with Gasteiger partial charge in [0.25, 0.3) is 0 Å². The summed E-state index contributed by atoms with van der Waals surface area (Å²) in [4.78, 5) is -0.354. The van der Waals surface area contributed by atoms with Gasteiger partial charge < -0.3 is 5.73 Å². The number of nitrogens with one attached hydrogen (secondary N) is 1. The van der Waals surface area contributed by atoms with Gasteiger partial charge in [0.05, 0.1) is 6.54 Å². The van der Waals surface area contributed by atoms with E-state index in [0.29, 0.717) is 12.1 Å². The predicted molar refractivity (Wildman–Crippen MR) is 77.0 cm³/mol. The lowest BCUT2D eigenvalue weighted by atomic mass is 10.2. The quantitative estimate of drug-likeness (QED) is 0.619. The fourth-order valence-corrected chi connectivity index (χ4v) is 2.74. The highest BCUT2D eigenvalue weighted by Gasteiger charge is 2.18. The molecule has 0 saturated heterocycles. The van der Waals surface area contributed by atoms with Crippen LogP contribution in [-0.4, -0.2) is 21.5 Å². The van der Waals surface area contributed by atoms with Gasteiger partial charge >= 0.3 is 0 Å². The molecule has 0 atom stereocenters. The largest absolute Gasteiger partial charge is 0.320 e. The molecule has 6 heteroatoms. The molecule has 0 amide bonds. The first-order valence-electron chi connectivity index (χ1n) is 6.49. The summed E-state index contributed by atoms with van der Waals surface area (Å²) in [6.07, 6.45) is 2.65. The van der Waals surface area contributed by atoms with Gasteiger partial charge in [0.2, 0.25) is 10.0 Å². The van der Waals surface area contributed by atoms with E-state index in [2.05, 4.69) is 16.6 Å². The number of nitrogens with two attached hydrogens (primary N) is 1. The van der Waals surface area contributed by atoms with E-state index in [0.717, 1.165) is 25.3 Å². The Morgan fingerprint density at radius 3 is 2.70 bits per heavy atom. The fourth-order valence-electron chi connectivity index (χ4n) is 1.61. The van der Waals surface area contributed by atoms with Crippen LogP contribution in [0.3, 0.4) is 0 Å². The maximum absolute atomic E-state index is 13.8. The summed E-state index contributed by atoms with van der Waals surface area (Å²) in [5.41, 5.74) is 5.62. The molecular formula is C14H19FN2O2S. The molecule has 0 radical (unpaired) electrons. The van der Waals surface area contributed by atoms with Gasteiger partial charge in [-0.1, -0.05) is 31.6 Å². The van der Waals surface area contributed by atoms with E-state index in [1.165, 1.54) is 12.1 Å². The van der Waals surface area contributed by atoms with E-state index >= 15 is 0 Å². The van der Waals surface area contributed by atoms with Crippen LogP contribution in [0, 0.1) is 17.7 Å². The van der Waals surface area contributed by atoms with Crippen LogP contribution in [-0.2, 0) is 10.0 Å². The Morgan fingerprint density at radius 1 is 1.35 bits per heavy atom. The van der Waals surface area contributed by atoms with Crippen molar-refractivity contribution >= 4 is 10.0 Å². The molecule has 0 bridgehead atoms. The second-order valence-corrected chi connectivity index (χ2v) is 5.99.